The molecule has 9 heteroatoms. The summed E-state index contributed by atoms with van der Waals surface area (Å²) in [7, 11) is -7.09. The number of aromatic nitrogens is 1. The Labute approximate surface area is 160 Å². The number of rotatable bonds is 5. The molecular formula is C18H23N3O4S2. The number of hydrogen-bond acceptors (Lipinski definition) is 5. The lowest BCUT2D eigenvalue weighted by molar-refractivity contribution is 0.574. The fraction of sp³-hybridized carbons (Fsp3) is 0.389. The summed E-state index contributed by atoms with van der Waals surface area (Å²) >= 11 is 0. The summed E-state index contributed by atoms with van der Waals surface area (Å²) in [5, 5.41) is 0. The Balaban J connectivity index is 1.90. The Bertz CT molecular complexity index is 1010. The number of nitrogens with one attached hydrogen (secondary N) is 1. The van der Waals surface area contributed by atoms with E-state index in [4.69, 9.17) is 0 Å². The van der Waals surface area contributed by atoms with Crippen molar-refractivity contribution in [3.8, 4) is 0 Å². The van der Waals surface area contributed by atoms with Gasteiger partial charge in [-0.15, -0.1) is 0 Å². The van der Waals surface area contributed by atoms with E-state index < -0.39 is 20.0 Å². The topological polar surface area (TPSA) is 96.4 Å². The predicted octanol–water partition coefficient (Wildman–Crippen LogP) is 2.11. The molecule has 2 heterocycles. The SMILES string of the molecule is Cc1cc(N2CCCCS2(=O)=O)cc(C)c1S(=O)(=O)NCc1cccnc1. The molecule has 7 nitrogen and oxygen atoms in total. The highest BCUT2D eigenvalue weighted by molar-refractivity contribution is 7.92. The molecule has 0 amide bonds. The van der Waals surface area contributed by atoms with Crippen LogP contribution in [0.3, 0.4) is 0 Å². The van der Waals surface area contributed by atoms with Crippen LogP contribution in [-0.4, -0.2) is 34.1 Å². The molecule has 1 aromatic heterocycles. The lowest BCUT2D eigenvalue weighted by atomic mass is 10.1. The predicted molar refractivity (Wildman–Crippen MR) is 105 cm³/mol. The van der Waals surface area contributed by atoms with Crippen LogP contribution in [0.15, 0.2) is 41.6 Å². The molecule has 3 rings (SSSR count). The van der Waals surface area contributed by atoms with Gasteiger partial charge in [0.25, 0.3) is 0 Å². The van der Waals surface area contributed by atoms with E-state index in [0.29, 0.717) is 29.8 Å². The molecule has 1 saturated heterocycles. The number of sulfonamides is 2. The van der Waals surface area contributed by atoms with Crippen molar-refractivity contribution in [2.75, 3.05) is 16.6 Å². The van der Waals surface area contributed by atoms with Crippen molar-refractivity contribution in [2.24, 2.45) is 0 Å². The van der Waals surface area contributed by atoms with Crippen LogP contribution < -0.4 is 9.03 Å². The second kappa shape index (κ2) is 7.57. The van der Waals surface area contributed by atoms with Gasteiger partial charge < -0.3 is 0 Å². The molecule has 0 aliphatic carbocycles. The maximum atomic E-state index is 12.8. The highest BCUT2D eigenvalue weighted by Crippen LogP contribution is 2.30. The smallest absolute Gasteiger partial charge is 0.241 e. The molecule has 0 spiro atoms. The average Bonchev–Trinajstić information content (AvgIpc) is 2.59. The van der Waals surface area contributed by atoms with Crippen LogP contribution >= 0.6 is 0 Å². The molecule has 1 aliphatic rings. The molecule has 146 valence electrons. The zero-order valence-corrected chi connectivity index (χ0v) is 17.0. The minimum atomic E-state index is -3.74. The normalized spacial score (nSPS) is 17.0. The average molecular weight is 410 g/mol. The third-order valence-corrected chi connectivity index (χ3v) is 8.12. The van der Waals surface area contributed by atoms with Crippen LogP contribution in [-0.2, 0) is 26.6 Å². The van der Waals surface area contributed by atoms with E-state index in [1.165, 1.54) is 4.31 Å². The van der Waals surface area contributed by atoms with Gasteiger partial charge in [0.2, 0.25) is 20.0 Å². The molecule has 1 aliphatic heterocycles. The maximum absolute atomic E-state index is 12.8. The van der Waals surface area contributed by atoms with E-state index in [1.54, 1.807) is 50.5 Å². The molecule has 27 heavy (non-hydrogen) atoms. The van der Waals surface area contributed by atoms with Crippen LogP contribution in [0.25, 0.3) is 0 Å². The molecule has 1 aromatic carbocycles. The Morgan fingerprint density at radius 3 is 2.48 bits per heavy atom. The van der Waals surface area contributed by atoms with Crippen molar-refractivity contribution in [1.82, 2.24) is 9.71 Å². The monoisotopic (exact) mass is 409 g/mol. The second-order valence-corrected chi connectivity index (χ2v) is 10.4. The quantitative estimate of drug-likeness (QED) is 0.816. The highest BCUT2D eigenvalue weighted by Gasteiger charge is 2.28. The van der Waals surface area contributed by atoms with Crippen LogP contribution in [0.5, 0.6) is 0 Å². The zero-order chi connectivity index (χ0) is 19.7. The molecular weight excluding hydrogens is 386 g/mol. The zero-order valence-electron chi connectivity index (χ0n) is 15.3. The van der Waals surface area contributed by atoms with Crippen molar-refractivity contribution in [1.29, 1.82) is 0 Å². The summed E-state index contributed by atoms with van der Waals surface area (Å²) in [6, 6.07) is 6.80. The van der Waals surface area contributed by atoms with Gasteiger partial charge in [-0.25, -0.2) is 21.6 Å². The number of anilines is 1. The van der Waals surface area contributed by atoms with Gasteiger partial charge in [-0.2, -0.15) is 0 Å². The van der Waals surface area contributed by atoms with Crippen molar-refractivity contribution in [2.45, 2.75) is 38.1 Å². The fourth-order valence-electron chi connectivity index (χ4n) is 3.33. The van der Waals surface area contributed by atoms with Crippen LogP contribution in [0.1, 0.15) is 29.5 Å². The molecule has 2 aromatic rings. The summed E-state index contributed by atoms with van der Waals surface area (Å²) in [6.45, 7) is 3.93. The number of nitrogens with zero attached hydrogens (tertiary/aromatic N) is 2. The molecule has 0 saturated carbocycles. The van der Waals surface area contributed by atoms with Crippen molar-refractivity contribution < 1.29 is 16.8 Å². The van der Waals surface area contributed by atoms with Gasteiger partial charge >= 0.3 is 0 Å². The van der Waals surface area contributed by atoms with E-state index in [9.17, 15) is 16.8 Å². The fourth-order valence-corrected chi connectivity index (χ4v) is 6.42. The Kier molecular flexibility index (Phi) is 5.55. The van der Waals surface area contributed by atoms with Gasteiger partial charge in [0.1, 0.15) is 0 Å². The molecule has 0 radical (unpaired) electrons. The van der Waals surface area contributed by atoms with E-state index in [1.807, 2.05) is 0 Å². The lowest BCUT2D eigenvalue weighted by Gasteiger charge is -2.29. The lowest BCUT2D eigenvalue weighted by Crippen LogP contribution is -2.38. The van der Waals surface area contributed by atoms with Crippen LogP contribution in [0.4, 0.5) is 5.69 Å². The maximum Gasteiger partial charge on any atom is 0.241 e. The standard InChI is InChI=1S/C18H23N3O4S2/c1-14-10-17(21-8-3-4-9-26(21,22)23)11-15(2)18(14)27(24,25)20-13-16-6-5-7-19-12-16/h5-7,10-12,20H,3-4,8-9,13H2,1-2H3. The summed E-state index contributed by atoms with van der Waals surface area (Å²) in [6.07, 6.45) is 4.68. The summed E-state index contributed by atoms with van der Waals surface area (Å²) in [5.74, 6) is 0.123. The van der Waals surface area contributed by atoms with Gasteiger partial charge in [-0.3, -0.25) is 9.29 Å². The summed E-state index contributed by atoms with van der Waals surface area (Å²) in [5.41, 5.74) is 2.32. The van der Waals surface area contributed by atoms with Gasteiger partial charge in [-0.1, -0.05) is 6.07 Å². The summed E-state index contributed by atoms with van der Waals surface area (Å²) in [4.78, 5) is 4.16. The van der Waals surface area contributed by atoms with Crippen LogP contribution in [0.2, 0.25) is 0 Å². The molecule has 1 N–H and O–H groups in total. The third-order valence-electron chi connectivity index (χ3n) is 4.54. The Morgan fingerprint density at radius 2 is 1.89 bits per heavy atom. The van der Waals surface area contributed by atoms with E-state index in [2.05, 4.69) is 9.71 Å². The molecule has 0 bridgehead atoms. The number of pyridine rings is 1. The van der Waals surface area contributed by atoms with E-state index >= 15 is 0 Å². The highest BCUT2D eigenvalue weighted by atomic mass is 32.2. The van der Waals surface area contributed by atoms with Crippen molar-refractivity contribution >= 4 is 25.7 Å². The van der Waals surface area contributed by atoms with Gasteiger partial charge in [0.15, 0.2) is 0 Å². The van der Waals surface area contributed by atoms with E-state index in [0.717, 1.165) is 12.0 Å². The van der Waals surface area contributed by atoms with Gasteiger partial charge in [0, 0.05) is 25.5 Å². The van der Waals surface area contributed by atoms with Crippen molar-refractivity contribution in [3.63, 3.8) is 0 Å². The largest absolute Gasteiger partial charge is 0.270 e. The van der Waals surface area contributed by atoms with Crippen molar-refractivity contribution in [3.05, 3.63) is 53.3 Å². The van der Waals surface area contributed by atoms with E-state index in [-0.39, 0.29) is 17.2 Å². The minimum absolute atomic E-state index is 0.123. The minimum Gasteiger partial charge on any atom is -0.270 e. The van der Waals surface area contributed by atoms with Crippen LogP contribution in [0, 0.1) is 13.8 Å². The number of aryl methyl sites for hydroxylation is 2. The van der Waals surface area contributed by atoms with Gasteiger partial charge in [-0.05, 0) is 61.6 Å². The summed E-state index contributed by atoms with van der Waals surface area (Å²) < 4.78 is 54.2. The molecule has 0 unspecified atom stereocenters. The number of hydrogen-bond donors (Lipinski definition) is 1. The number of benzene rings is 1. The first-order valence-electron chi connectivity index (χ1n) is 8.71. The van der Waals surface area contributed by atoms with Gasteiger partial charge in [0.05, 0.1) is 16.3 Å². The first-order chi connectivity index (χ1) is 12.7. The third kappa shape index (κ3) is 4.31. The Morgan fingerprint density at radius 1 is 1.19 bits per heavy atom. The second-order valence-electron chi connectivity index (χ2n) is 6.69. The first kappa shape index (κ1) is 19.8. The Hall–Kier alpha value is -1.97. The molecule has 1 fully saturated rings. The molecule has 0 atom stereocenters. The first-order valence-corrected chi connectivity index (χ1v) is 11.8.